The SMILES string of the molecule is O=C(c1ccc(F)cc1)N1CCN(C(=O)c2cc(C[SH]3C=CC=C3)ccc2F)CC1. The van der Waals surface area contributed by atoms with Gasteiger partial charge in [0, 0.05) is 37.5 Å². The minimum absolute atomic E-state index is 0.0768. The van der Waals surface area contributed by atoms with E-state index in [1.165, 1.54) is 30.3 Å². The Bertz CT molecular complexity index is 1000. The first kappa shape index (κ1) is 20.3. The van der Waals surface area contributed by atoms with Crippen molar-refractivity contribution in [2.75, 3.05) is 26.2 Å². The van der Waals surface area contributed by atoms with Crippen molar-refractivity contribution < 1.29 is 18.4 Å². The summed E-state index contributed by atoms with van der Waals surface area (Å²) in [4.78, 5) is 28.7. The van der Waals surface area contributed by atoms with E-state index >= 15 is 0 Å². The lowest BCUT2D eigenvalue weighted by Gasteiger charge is -2.35. The lowest BCUT2D eigenvalue weighted by atomic mass is 10.1. The molecule has 0 unspecified atom stereocenters. The van der Waals surface area contributed by atoms with Crippen LogP contribution in [-0.2, 0) is 5.75 Å². The van der Waals surface area contributed by atoms with Crippen molar-refractivity contribution in [2.45, 2.75) is 5.75 Å². The van der Waals surface area contributed by atoms with Crippen molar-refractivity contribution in [2.24, 2.45) is 0 Å². The van der Waals surface area contributed by atoms with Crippen LogP contribution in [-0.4, -0.2) is 47.8 Å². The number of piperazine rings is 1. The molecule has 2 aromatic rings. The number of carbonyl (C=O) groups excluding carboxylic acids is 2. The smallest absolute Gasteiger partial charge is 0.256 e. The van der Waals surface area contributed by atoms with E-state index < -0.39 is 22.5 Å². The lowest BCUT2D eigenvalue weighted by molar-refractivity contribution is 0.0532. The maximum absolute atomic E-state index is 14.4. The van der Waals surface area contributed by atoms with Gasteiger partial charge in [0.2, 0.25) is 0 Å². The summed E-state index contributed by atoms with van der Waals surface area (Å²) in [7, 11) is -0.391. The first-order chi connectivity index (χ1) is 14.5. The van der Waals surface area contributed by atoms with Crippen LogP contribution >= 0.6 is 10.9 Å². The number of amides is 2. The van der Waals surface area contributed by atoms with Crippen molar-refractivity contribution in [1.29, 1.82) is 0 Å². The van der Waals surface area contributed by atoms with E-state index in [1.54, 1.807) is 21.9 Å². The van der Waals surface area contributed by atoms with Crippen molar-refractivity contribution in [3.05, 3.63) is 93.8 Å². The summed E-state index contributed by atoms with van der Waals surface area (Å²) in [5, 5.41) is 4.27. The molecule has 2 aromatic carbocycles. The topological polar surface area (TPSA) is 40.6 Å². The van der Waals surface area contributed by atoms with E-state index in [2.05, 4.69) is 10.8 Å². The number of carbonyl (C=O) groups is 2. The number of hydrogen-bond donors (Lipinski definition) is 1. The average molecular weight is 429 g/mol. The molecule has 30 heavy (non-hydrogen) atoms. The van der Waals surface area contributed by atoms with Gasteiger partial charge in [0.15, 0.2) is 0 Å². The molecule has 0 radical (unpaired) electrons. The molecule has 7 heteroatoms. The third-order valence-electron chi connectivity index (χ3n) is 5.24. The molecule has 0 bridgehead atoms. The Labute approximate surface area is 176 Å². The molecule has 1 fully saturated rings. The van der Waals surface area contributed by atoms with Crippen LogP contribution in [0.3, 0.4) is 0 Å². The highest BCUT2D eigenvalue weighted by Crippen LogP contribution is 2.36. The van der Waals surface area contributed by atoms with Crippen molar-refractivity contribution >= 4 is 22.7 Å². The van der Waals surface area contributed by atoms with E-state index in [-0.39, 0.29) is 17.4 Å². The number of thiol groups is 1. The zero-order valence-electron chi connectivity index (χ0n) is 16.3. The van der Waals surface area contributed by atoms with Crippen LogP contribution in [0.2, 0.25) is 0 Å². The van der Waals surface area contributed by atoms with Gasteiger partial charge in [0.25, 0.3) is 11.8 Å². The van der Waals surface area contributed by atoms with Crippen LogP contribution in [0.4, 0.5) is 8.78 Å². The summed E-state index contributed by atoms with van der Waals surface area (Å²) in [5.74, 6) is -0.696. The molecule has 0 spiro atoms. The van der Waals surface area contributed by atoms with Crippen LogP contribution in [0.25, 0.3) is 0 Å². The van der Waals surface area contributed by atoms with Gasteiger partial charge in [-0.15, -0.1) is 0 Å². The van der Waals surface area contributed by atoms with Gasteiger partial charge < -0.3 is 9.80 Å². The number of benzene rings is 2. The largest absolute Gasteiger partial charge is 0.335 e. The summed E-state index contributed by atoms with van der Waals surface area (Å²) in [5.41, 5.74) is 1.42. The highest BCUT2D eigenvalue weighted by atomic mass is 32.2. The number of rotatable bonds is 4. The second-order valence-corrected chi connectivity index (χ2v) is 9.20. The zero-order chi connectivity index (χ0) is 21.1. The van der Waals surface area contributed by atoms with E-state index in [1.807, 2.05) is 12.2 Å². The Kier molecular flexibility index (Phi) is 5.99. The molecule has 0 atom stereocenters. The van der Waals surface area contributed by atoms with Crippen molar-refractivity contribution in [3.8, 4) is 0 Å². The number of halogens is 2. The fraction of sp³-hybridized carbons (Fsp3) is 0.217. The summed E-state index contributed by atoms with van der Waals surface area (Å²) in [6, 6.07) is 10.1. The molecule has 156 valence electrons. The van der Waals surface area contributed by atoms with Crippen LogP contribution in [0.5, 0.6) is 0 Å². The van der Waals surface area contributed by atoms with Crippen molar-refractivity contribution in [1.82, 2.24) is 9.80 Å². The van der Waals surface area contributed by atoms with Gasteiger partial charge in [0.05, 0.1) is 5.56 Å². The van der Waals surface area contributed by atoms with Gasteiger partial charge in [0.1, 0.15) is 11.6 Å². The second kappa shape index (κ2) is 8.83. The summed E-state index contributed by atoms with van der Waals surface area (Å²) >= 11 is 0. The maximum atomic E-state index is 14.4. The van der Waals surface area contributed by atoms with E-state index in [0.717, 1.165) is 11.3 Å². The molecule has 4 rings (SSSR count). The second-order valence-electron chi connectivity index (χ2n) is 7.26. The highest BCUT2D eigenvalue weighted by molar-refractivity contribution is 8.21. The third kappa shape index (κ3) is 4.46. The Morgan fingerprint density at radius 1 is 0.833 bits per heavy atom. The van der Waals surface area contributed by atoms with E-state index in [4.69, 9.17) is 0 Å². The molecule has 0 saturated carbocycles. The number of hydrogen-bond acceptors (Lipinski definition) is 2. The first-order valence-electron chi connectivity index (χ1n) is 9.74. The standard InChI is InChI=1S/C23H22F2N2O2S/c24-19-6-4-18(5-7-19)22(28)26-9-11-27(12-10-26)23(29)20-15-17(3-8-21(20)25)16-30-13-1-2-14-30/h1-8,13-15,30H,9-12,16H2. The fourth-order valence-electron chi connectivity index (χ4n) is 3.58. The Morgan fingerprint density at radius 2 is 1.43 bits per heavy atom. The van der Waals surface area contributed by atoms with Gasteiger partial charge in [-0.3, -0.25) is 9.59 Å². The molecule has 2 heterocycles. The summed E-state index contributed by atoms with van der Waals surface area (Å²) < 4.78 is 27.4. The molecule has 0 aromatic heterocycles. The molecule has 2 aliphatic heterocycles. The maximum Gasteiger partial charge on any atom is 0.256 e. The molecular weight excluding hydrogens is 406 g/mol. The molecule has 2 amide bonds. The summed E-state index contributed by atoms with van der Waals surface area (Å²) in [6.07, 6.45) is 4.02. The van der Waals surface area contributed by atoms with Crippen LogP contribution in [0, 0.1) is 11.6 Å². The first-order valence-corrected chi connectivity index (χ1v) is 11.4. The quantitative estimate of drug-likeness (QED) is 0.745. The molecule has 1 saturated heterocycles. The molecule has 0 N–H and O–H groups in total. The lowest BCUT2D eigenvalue weighted by Crippen LogP contribution is -2.50. The molecular formula is C23H22F2N2O2S. The normalized spacial score (nSPS) is 16.9. The predicted molar refractivity (Wildman–Crippen MR) is 116 cm³/mol. The summed E-state index contributed by atoms with van der Waals surface area (Å²) in [6.45, 7) is 1.36. The molecule has 2 aliphatic rings. The molecule has 0 aliphatic carbocycles. The van der Waals surface area contributed by atoms with E-state index in [9.17, 15) is 18.4 Å². The Balaban J connectivity index is 1.40. The van der Waals surface area contributed by atoms with Gasteiger partial charge in [-0.1, -0.05) is 18.2 Å². The van der Waals surface area contributed by atoms with Crippen molar-refractivity contribution in [3.63, 3.8) is 0 Å². The van der Waals surface area contributed by atoms with Gasteiger partial charge in [-0.25, -0.2) is 19.7 Å². The number of allylic oxidation sites excluding steroid dienone is 2. The van der Waals surface area contributed by atoms with Gasteiger partial charge in [-0.05, 0) is 52.8 Å². The van der Waals surface area contributed by atoms with Gasteiger partial charge in [-0.2, -0.15) is 0 Å². The number of nitrogens with zero attached hydrogens (tertiary/aromatic N) is 2. The Hall–Kier alpha value is -2.93. The highest BCUT2D eigenvalue weighted by Gasteiger charge is 2.27. The molecule has 4 nitrogen and oxygen atoms in total. The Morgan fingerprint density at radius 3 is 2.07 bits per heavy atom. The third-order valence-corrected chi connectivity index (χ3v) is 7.08. The minimum Gasteiger partial charge on any atom is -0.335 e. The minimum atomic E-state index is -0.529. The van der Waals surface area contributed by atoms with E-state index in [0.29, 0.717) is 31.7 Å². The van der Waals surface area contributed by atoms with Crippen LogP contribution < -0.4 is 0 Å². The van der Waals surface area contributed by atoms with Gasteiger partial charge >= 0.3 is 0 Å². The average Bonchev–Trinajstić information content (AvgIpc) is 3.28. The predicted octanol–water partition coefficient (Wildman–Crippen LogP) is 4.11. The monoisotopic (exact) mass is 428 g/mol. The fourth-order valence-corrected chi connectivity index (χ4v) is 5.15. The zero-order valence-corrected chi connectivity index (χ0v) is 17.2. The van der Waals surface area contributed by atoms with Crippen LogP contribution in [0.1, 0.15) is 26.3 Å². The van der Waals surface area contributed by atoms with Crippen LogP contribution in [0.15, 0.2) is 65.4 Å².